The number of nitrogens with zero attached hydrogens (tertiary/aromatic N) is 2. The first-order valence-corrected chi connectivity index (χ1v) is 9.68. The van der Waals surface area contributed by atoms with Crippen LogP contribution in [0.4, 0.5) is 5.69 Å². The summed E-state index contributed by atoms with van der Waals surface area (Å²) in [6, 6.07) is 11.5. The first-order chi connectivity index (χ1) is 14.1. The fourth-order valence-electron chi connectivity index (χ4n) is 3.13. The normalized spacial score (nSPS) is 11.8. The summed E-state index contributed by atoms with van der Waals surface area (Å²) in [5, 5.41) is 21.9. The number of hydrogen-bond acceptors (Lipinski definition) is 5. The highest BCUT2D eigenvalue weighted by molar-refractivity contribution is 6.02. The van der Waals surface area contributed by atoms with Gasteiger partial charge in [-0.25, -0.2) is 4.79 Å². The molecule has 7 nitrogen and oxygen atoms in total. The summed E-state index contributed by atoms with van der Waals surface area (Å²) in [6.07, 6.45) is 0. The summed E-state index contributed by atoms with van der Waals surface area (Å²) in [5.41, 5.74) is 2.68. The molecule has 0 radical (unpaired) electrons. The van der Waals surface area contributed by atoms with Gasteiger partial charge in [0.15, 0.2) is 0 Å². The molecular formula is C23H28N2O5. The van der Waals surface area contributed by atoms with E-state index in [-0.39, 0.29) is 23.5 Å². The number of carbonyl (C=O) groups excluding carboxylic acids is 1. The van der Waals surface area contributed by atoms with E-state index in [0.717, 1.165) is 11.3 Å². The molecule has 0 saturated carbocycles. The summed E-state index contributed by atoms with van der Waals surface area (Å²) >= 11 is 0. The number of oxime groups is 1. The molecule has 0 saturated heterocycles. The van der Waals surface area contributed by atoms with Crippen molar-refractivity contribution >= 4 is 23.3 Å². The zero-order valence-electron chi connectivity index (χ0n) is 18.0. The number of anilines is 1. The van der Waals surface area contributed by atoms with Crippen LogP contribution in [0.2, 0.25) is 0 Å². The van der Waals surface area contributed by atoms with E-state index in [1.54, 1.807) is 23.1 Å². The Hall–Kier alpha value is -3.35. The fourth-order valence-corrected chi connectivity index (χ4v) is 3.13. The van der Waals surface area contributed by atoms with Gasteiger partial charge in [0.2, 0.25) is 5.91 Å². The van der Waals surface area contributed by atoms with E-state index < -0.39 is 5.97 Å². The number of benzene rings is 2. The Balaban J connectivity index is 2.31. The molecule has 0 unspecified atom stereocenters. The second-order valence-electron chi connectivity index (χ2n) is 7.91. The van der Waals surface area contributed by atoms with Crippen LogP contribution in [-0.2, 0) is 10.2 Å². The molecule has 0 aliphatic rings. The van der Waals surface area contributed by atoms with Crippen LogP contribution >= 0.6 is 0 Å². The van der Waals surface area contributed by atoms with Gasteiger partial charge in [0.25, 0.3) is 0 Å². The van der Waals surface area contributed by atoms with E-state index in [0.29, 0.717) is 23.6 Å². The van der Waals surface area contributed by atoms with Crippen molar-refractivity contribution in [3.8, 4) is 5.75 Å². The quantitative estimate of drug-likeness (QED) is 0.401. The van der Waals surface area contributed by atoms with Crippen molar-refractivity contribution in [2.45, 2.75) is 40.0 Å². The van der Waals surface area contributed by atoms with Crippen molar-refractivity contribution in [3.05, 3.63) is 59.2 Å². The molecule has 2 aromatic rings. The molecule has 0 fully saturated rings. The minimum absolute atomic E-state index is 0.00392. The average molecular weight is 412 g/mol. The third kappa shape index (κ3) is 5.37. The van der Waals surface area contributed by atoms with Crippen molar-refractivity contribution in [1.29, 1.82) is 0 Å². The molecule has 0 atom stereocenters. The Bertz CT molecular complexity index is 943. The maximum atomic E-state index is 12.1. The van der Waals surface area contributed by atoms with Crippen molar-refractivity contribution in [1.82, 2.24) is 0 Å². The fraction of sp³-hybridized carbons (Fsp3) is 0.348. The standard InChI is InChI=1S/C23H28N2O5/c1-6-25(15(2)26)21-12-9-17(13-19(21)23(3,4)5)20(24-29)14-30-18-10-7-16(8-11-18)22(27)28/h7-13,29H,6,14H2,1-5H3,(H,27,28)/b24-20-. The Morgan fingerprint density at radius 2 is 1.67 bits per heavy atom. The van der Waals surface area contributed by atoms with Crippen LogP contribution in [-0.4, -0.2) is 41.1 Å². The average Bonchev–Trinajstić information content (AvgIpc) is 2.69. The summed E-state index contributed by atoms with van der Waals surface area (Å²) in [7, 11) is 0. The molecule has 2 aromatic carbocycles. The lowest BCUT2D eigenvalue weighted by molar-refractivity contribution is -0.116. The van der Waals surface area contributed by atoms with E-state index in [4.69, 9.17) is 9.84 Å². The monoisotopic (exact) mass is 412 g/mol. The van der Waals surface area contributed by atoms with Gasteiger partial charge in [0.1, 0.15) is 18.1 Å². The van der Waals surface area contributed by atoms with Crippen molar-refractivity contribution < 1.29 is 24.6 Å². The summed E-state index contributed by atoms with van der Waals surface area (Å²) in [5.74, 6) is -0.594. The zero-order chi connectivity index (χ0) is 22.5. The number of rotatable bonds is 7. The van der Waals surface area contributed by atoms with E-state index in [1.807, 2.05) is 19.1 Å². The summed E-state index contributed by atoms with van der Waals surface area (Å²) < 4.78 is 5.66. The van der Waals surface area contributed by atoms with Crippen molar-refractivity contribution in [2.75, 3.05) is 18.1 Å². The first-order valence-electron chi connectivity index (χ1n) is 9.68. The van der Waals surface area contributed by atoms with Gasteiger partial charge in [-0.05, 0) is 54.3 Å². The maximum absolute atomic E-state index is 12.1. The predicted octanol–water partition coefficient (Wildman–Crippen LogP) is 4.31. The highest BCUT2D eigenvalue weighted by Crippen LogP contribution is 2.33. The summed E-state index contributed by atoms with van der Waals surface area (Å²) in [6.45, 7) is 10.2. The zero-order valence-corrected chi connectivity index (χ0v) is 18.0. The van der Waals surface area contributed by atoms with Crippen molar-refractivity contribution in [3.63, 3.8) is 0 Å². The Labute approximate surface area is 176 Å². The predicted molar refractivity (Wildman–Crippen MR) is 116 cm³/mol. The maximum Gasteiger partial charge on any atom is 0.335 e. The van der Waals surface area contributed by atoms with Gasteiger partial charge in [-0.3, -0.25) is 4.79 Å². The van der Waals surface area contributed by atoms with E-state index in [9.17, 15) is 14.8 Å². The molecule has 0 aromatic heterocycles. The number of ether oxygens (including phenoxy) is 1. The van der Waals surface area contributed by atoms with Gasteiger partial charge >= 0.3 is 5.97 Å². The second-order valence-corrected chi connectivity index (χ2v) is 7.91. The highest BCUT2D eigenvalue weighted by Gasteiger charge is 2.24. The largest absolute Gasteiger partial charge is 0.487 e. The number of aromatic carboxylic acids is 1. The molecule has 0 aliphatic carbocycles. The molecule has 0 heterocycles. The SMILES string of the molecule is CCN(C(C)=O)c1ccc(/C(COc2ccc(C(=O)O)cc2)=N\O)cc1C(C)(C)C. The lowest BCUT2D eigenvalue weighted by Crippen LogP contribution is -2.31. The van der Waals surface area contributed by atoms with Crippen LogP contribution < -0.4 is 9.64 Å². The van der Waals surface area contributed by atoms with Crippen LogP contribution in [0.15, 0.2) is 47.6 Å². The second kappa shape index (κ2) is 9.43. The molecule has 1 amide bonds. The number of hydrogen-bond donors (Lipinski definition) is 2. The van der Waals surface area contributed by atoms with Gasteiger partial charge in [0, 0.05) is 24.7 Å². The molecule has 0 aliphatic heterocycles. The van der Waals surface area contributed by atoms with E-state index >= 15 is 0 Å². The van der Waals surface area contributed by atoms with Gasteiger partial charge in [-0.1, -0.05) is 32.0 Å². The van der Waals surface area contributed by atoms with Crippen LogP contribution in [0, 0.1) is 0 Å². The third-order valence-corrected chi connectivity index (χ3v) is 4.72. The molecule has 0 bridgehead atoms. The van der Waals surface area contributed by atoms with Crippen LogP contribution in [0.25, 0.3) is 0 Å². The molecule has 7 heteroatoms. The number of amides is 1. The lowest BCUT2D eigenvalue weighted by Gasteiger charge is -2.29. The minimum atomic E-state index is -1.01. The van der Waals surface area contributed by atoms with Crippen LogP contribution in [0.1, 0.15) is 56.1 Å². The van der Waals surface area contributed by atoms with Gasteiger partial charge in [-0.15, -0.1) is 0 Å². The Morgan fingerprint density at radius 1 is 1.07 bits per heavy atom. The molecule has 160 valence electrons. The molecule has 0 spiro atoms. The number of carbonyl (C=O) groups is 2. The van der Waals surface area contributed by atoms with E-state index in [2.05, 4.69) is 25.9 Å². The molecule has 30 heavy (non-hydrogen) atoms. The molecule has 2 N–H and O–H groups in total. The van der Waals surface area contributed by atoms with Gasteiger partial charge in [0.05, 0.1) is 5.56 Å². The summed E-state index contributed by atoms with van der Waals surface area (Å²) in [4.78, 5) is 24.7. The van der Waals surface area contributed by atoms with Crippen LogP contribution in [0.3, 0.4) is 0 Å². The Morgan fingerprint density at radius 3 is 2.13 bits per heavy atom. The third-order valence-electron chi connectivity index (χ3n) is 4.72. The Kier molecular flexibility index (Phi) is 7.21. The van der Waals surface area contributed by atoms with Gasteiger partial charge < -0.3 is 20.0 Å². The number of carboxylic acid groups (broad SMARTS) is 1. The topological polar surface area (TPSA) is 99.4 Å². The molecular weight excluding hydrogens is 384 g/mol. The van der Waals surface area contributed by atoms with Crippen LogP contribution in [0.5, 0.6) is 5.75 Å². The smallest absolute Gasteiger partial charge is 0.335 e. The van der Waals surface area contributed by atoms with E-state index in [1.165, 1.54) is 19.1 Å². The minimum Gasteiger partial charge on any atom is -0.487 e. The van der Waals surface area contributed by atoms with Gasteiger partial charge in [-0.2, -0.15) is 0 Å². The van der Waals surface area contributed by atoms with Crippen molar-refractivity contribution in [2.24, 2.45) is 5.16 Å². The highest BCUT2D eigenvalue weighted by atomic mass is 16.5. The lowest BCUT2D eigenvalue weighted by atomic mass is 9.84. The first kappa shape index (κ1) is 22.9. The number of carboxylic acids is 1. The molecule has 2 rings (SSSR count).